The predicted molar refractivity (Wildman–Crippen MR) is 69.8 cm³/mol. The minimum absolute atomic E-state index is 0.558. The third-order valence-corrected chi connectivity index (χ3v) is 3.16. The second-order valence-electron chi connectivity index (χ2n) is 4.70. The molecule has 2 nitrogen and oxygen atoms in total. The molecule has 0 radical (unpaired) electrons. The number of fused-ring (bicyclic) bond motifs is 1. The topological polar surface area (TPSA) is 30.9 Å². The maximum absolute atomic E-state index is 5.68. The van der Waals surface area contributed by atoms with Crippen molar-refractivity contribution in [3.8, 4) is 0 Å². The average Bonchev–Trinajstić information content (AvgIpc) is 2.57. The Morgan fingerprint density at radius 1 is 1.31 bits per heavy atom. The molecule has 0 bridgehead atoms. The normalized spacial score (nSPS) is 11.6. The Morgan fingerprint density at radius 3 is 2.69 bits per heavy atom. The van der Waals surface area contributed by atoms with Crippen LogP contribution in [0.2, 0.25) is 0 Å². The first-order valence-corrected chi connectivity index (χ1v) is 5.92. The molecule has 0 fully saturated rings. The molecule has 0 spiro atoms. The fraction of sp³-hybridized carbons (Fsp3) is 0.429. The van der Waals surface area contributed by atoms with Crippen LogP contribution in [0, 0.1) is 0 Å². The lowest BCUT2D eigenvalue weighted by atomic mass is 9.96. The summed E-state index contributed by atoms with van der Waals surface area (Å²) in [5.74, 6) is 0.558. The van der Waals surface area contributed by atoms with Crippen molar-refractivity contribution in [3.05, 3.63) is 35.5 Å². The largest absolute Gasteiger partial charge is 0.350 e. The van der Waals surface area contributed by atoms with Gasteiger partial charge in [0.15, 0.2) is 0 Å². The Hall–Kier alpha value is -1.28. The first kappa shape index (κ1) is 11.2. The van der Waals surface area contributed by atoms with E-state index in [1.165, 1.54) is 22.0 Å². The van der Waals surface area contributed by atoms with Crippen molar-refractivity contribution in [1.82, 2.24) is 4.57 Å². The van der Waals surface area contributed by atoms with Gasteiger partial charge in [-0.15, -0.1) is 0 Å². The first-order valence-electron chi connectivity index (χ1n) is 5.92. The molecular weight excluding hydrogens is 196 g/mol. The first-order chi connectivity index (χ1) is 7.65. The van der Waals surface area contributed by atoms with Crippen LogP contribution >= 0.6 is 0 Å². The van der Waals surface area contributed by atoms with Crippen LogP contribution in [0.3, 0.4) is 0 Å². The second-order valence-corrected chi connectivity index (χ2v) is 4.70. The molecule has 1 aromatic heterocycles. The van der Waals surface area contributed by atoms with Crippen LogP contribution in [0.15, 0.2) is 24.4 Å². The lowest BCUT2D eigenvalue weighted by Gasteiger charge is -2.09. The molecule has 86 valence electrons. The summed E-state index contributed by atoms with van der Waals surface area (Å²) in [4.78, 5) is 0. The molecule has 0 saturated heterocycles. The van der Waals surface area contributed by atoms with Gasteiger partial charge >= 0.3 is 0 Å². The zero-order valence-electron chi connectivity index (χ0n) is 10.3. The number of hydrogen-bond donors (Lipinski definition) is 1. The van der Waals surface area contributed by atoms with E-state index in [-0.39, 0.29) is 0 Å². The molecule has 1 heterocycles. The van der Waals surface area contributed by atoms with Gasteiger partial charge in [-0.2, -0.15) is 0 Å². The van der Waals surface area contributed by atoms with Gasteiger partial charge < -0.3 is 10.3 Å². The summed E-state index contributed by atoms with van der Waals surface area (Å²) in [6, 6.07) is 6.55. The van der Waals surface area contributed by atoms with Gasteiger partial charge in [-0.25, -0.2) is 0 Å². The van der Waals surface area contributed by atoms with E-state index in [9.17, 15) is 0 Å². The molecule has 0 aliphatic heterocycles. The molecule has 0 aliphatic carbocycles. The van der Waals surface area contributed by atoms with Crippen molar-refractivity contribution in [1.29, 1.82) is 0 Å². The molecule has 1 aromatic carbocycles. The third kappa shape index (κ3) is 1.74. The van der Waals surface area contributed by atoms with E-state index in [0.717, 1.165) is 6.42 Å². The van der Waals surface area contributed by atoms with Gasteiger partial charge in [0.1, 0.15) is 0 Å². The summed E-state index contributed by atoms with van der Waals surface area (Å²) in [6.07, 6.45) is 3.17. The Labute approximate surface area is 97.1 Å². The van der Waals surface area contributed by atoms with Crippen LogP contribution in [0.4, 0.5) is 0 Å². The second kappa shape index (κ2) is 4.30. The van der Waals surface area contributed by atoms with Crippen molar-refractivity contribution < 1.29 is 0 Å². The quantitative estimate of drug-likeness (QED) is 0.840. The van der Waals surface area contributed by atoms with E-state index >= 15 is 0 Å². The van der Waals surface area contributed by atoms with E-state index in [0.29, 0.717) is 12.5 Å². The summed E-state index contributed by atoms with van der Waals surface area (Å²) >= 11 is 0. The van der Waals surface area contributed by atoms with Crippen LogP contribution in [0.25, 0.3) is 10.9 Å². The molecule has 0 atom stereocenters. The van der Waals surface area contributed by atoms with Crippen molar-refractivity contribution in [2.75, 3.05) is 6.54 Å². The highest BCUT2D eigenvalue weighted by Gasteiger charge is 2.11. The highest BCUT2D eigenvalue weighted by molar-refractivity contribution is 5.87. The molecular formula is C14H20N2. The van der Waals surface area contributed by atoms with Gasteiger partial charge in [0.25, 0.3) is 0 Å². The van der Waals surface area contributed by atoms with Crippen LogP contribution < -0.4 is 5.73 Å². The third-order valence-electron chi connectivity index (χ3n) is 3.16. The summed E-state index contributed by atoms with van der Waals surface area (Å²) in [7, 11) is 2.10. The van der Waals surface area contributed by atoms with E-state index in [1.807, 2.05) is 0 Å². The van der Waals surface area contributed by atoms with Crippen LogP contribution in [-0.4, -0.2) is 11.1 Å². The van der Waals surface area contributed by atoms with Crippen LogP contribution in [-0.2, 0) is 13.5 Å². The van der Waals surface area contributed by atoms with Crippen molar-refractivity contribution in [2.45, 2.75) is 26.2 Å². The summed E-state index contributed by atoms with van der Waals surface area (Å²) < 4.78 is 2.20. The Kier molecular flexibility index (Phi) is 3.01. The van der Waals surface area contributed by atoms with Gasteiger partial charge in [-0.1, -0.05) is 26.0 Å². The molecule has 2 aromatic rings. The average molecular weight is 216 g/mol. The van der Waals surface area contributed by atoms with Crippen molar-refractivity contribution in [3.63, 3.8) is 0 Å². The van der Waals surface area contributed by atoms with Crippen molar-refractivity contribution >= 4 is 10.9 Å². The Balaban J connectivity index is 2.72. The number of hydrogen-bond acceptors (Lipinski definition) is 1. The van der Waals surface area contributed by atoms with E-state index < -0.39 is 0 Å². The molecule has 2 heteroatoms. The maximum Gasteiger partial charge on any atom is 0.0483 e. The van der Waals surface area contributed by atoms with Crippen LogP contribution in [0.1, 0.15) is 30.9 Å². The number of benzene rings is 1. The SMILES string of the molecule is CC(C)c1cccc2c1c(CCN)cn2C. The molecule has 2 N–H and O–H groups in total. The number of nitrogens with zero attached hydrogens (tertiary/aromatic N) is 1. The lowest BCUT2D eigenvalue weighted by Crippen LogP contribution is -2.02. The van der Waals surface area contributed by atoms with Crippen LogP contribution in [0.5, 0.6) is 0 Å². The molecule has 0 amide bonds. The Bertz CT molecular complexity index is 495. The summed E-state index contributed by atoms with van der Waals surface area (Å²) in [6.45, 7) is 5.20. The van der Waals surface area contributed by atoms with Gasteiger partial charge in [0.2, 0.25) is 0 Å². The number of aromatic nitrogens is 1. The number of rotatable bonds is 3. The molecule has 2 rings (SSSR count). The molecule has 16 heavy (non-hydrogen) atoms. The van der Waals surface area contributed by atoms with Crippen molar-refractivity contribution in [2.24, 2.45) is 12.8 Å². The van der Waals surface area contributed by atoms with E-state index in [1.54, 1.807) is 0 Å². The number of aryl methyl sites for hydroxylation is 1. The lowest BCUT2D eigenvalue weighted by molar-refractivity contribution is 0.873. The fourth-order valence-corrected chi connectivity index (χ4v) is 2.40. The summed E-state index contributed by atoms with van der Waals surface area (Å²) in [5.41, 5.74) is 9.80. The zero-order chi connectivity index (χ0) is 11.7. The summed E-state index contributed by atoms with van der Waals surface area (Å²) in [5, 5.41) is 1.41. The highest BCUT2D eigenvalue weighted by atomic mass is 14.9. The zero-order valence-corrected chi connectivity index (χ0v) is 10.3. The van der Waals surface area contributed by atoms with Gasteiger partial charge in [-0.3, -0.25) is 0 Å². The minimum atomic E-state index is 0.558. The maximum atomic E-state index is 5.68. The number of nitrogens with two attached hydrogens (primary N) is 1. The van der Waals surface area contributed by atoms with E-state index in [4.69, 9.17) is 5.73 Å². The Morgan fingerprint density at radius 2 is 2.06 bits per heavy atom. The standard InChI is InChI=1S/C14H20N2/c1-10(2)12-5-4-6-13-14(12)11(7-8-15)9-16(13)3/h4-6,9-10H,7-8,15H2,1-3H3. The monoisotopic (exact) mass is 216 g/mol. The fourth-order valence-electron chi connectivity index (χ4n) is 2.40. The molecule has 0 saturated carbocycles. The van der Waals surface area contributed by atoms with Gasteiger partial charge in [0, 0.05) is 24.1 Å². The molecule has 0 unspecified atom stereocenters. The predicted octanol–water partition coefficient (Wildman–Crippen LogP) is 2.80. The highest BCUT2D eigenvalue weighted by Crippen LogP contribution is 2.29. The minimum Gasteiger partial charge on any atom is -0.350 e. The van der Waals surface area contributed by atoms with E-state index in [2.05, 4.69) is 49.9 Å². The smallest absolute Gasteiger partial charge is 0.0483 e. The molecule has 0 aliphatic rings. The van der Waals surface area contributed by atoms with Gasteiger partial charge in [0.05, 0.1) is 0 Å². The van der Waals surface area contributed by atoms with Gasteiger partial charge in [-0.05, 0) is 36.1 Å².